The van der Waals surface area contributed by atoms with Crippen molar-refractivity contribution in [1.29, 1.82) is 0 Å². The number of methoxy groups -OCH3 is 1. The van der Waals surface area contributed by atoms with Crippen LogP contribution in [-0.2, 0) is 9.47 Å². The molecule has 0 aromatic carbocycles. The third kappa shape index (κ3) is 1.69. The highest BCUT2D eigenvalue weighted by Crippen LogP contribution is 2.23. The van der Waals surface area contributed by atoms with Crippen LogP contribution < -0.4 is 0 Å². The molecule has 1 aliphatic heterocycles. The Morgan fingerprint density at radius 1 is 1.46 bits per heavy atom. The summed E-state index contributed by atoms with van der Waals surface area (Å²) >= 11 is 0. The predicted molar refractivity (Wildman–Crippen MR) is 40.6 cm³/mol. The van der Waals surface area contributed by atoms with Crippen LogP contribution in [-0.4, -0.2) is 52.5 Å². The van der Waals surface area contributed by atoms with E-state index in [0.29, 0.717) is 0 Å². The van der Waals surface area contributed by atoms with Crippen LogP contribution in [0.25, 0.3) is 0 Å². The van der Waals surface area contributed by atoms with Crippen molar-refractivity contribution in [2.24, 2.45) is 0 Å². The van der Waals surface area contributed by atoms with Gasteiger partial charge in [-0.25, -0.2) is 0 Å². The van der Waals surface area contributed by atoms with E-state index in [-0.39, 0.29) is 5.95 Å². The first-order valence-corrected chi connectivity index (χ1v) is 3.72. The Kier molecular flexibility index (Phi) is 2.97. The van der Waals surface area contributed by atoms with Gasteiger partial charge in [0.1, 0.15) is 12.2 Å². The fraction of sp³-hybridized carbons (Fsp3) is 0.714. The maximum Gasteiger partial charge on any atom is 0.321 e. The predicted octanol–water partition coefficient (Wildman–Crippen LogP) is -1.53. The Labute approximate surface area is 74.6 Å². The molecule has 0 amide bonds. The fourth-order valence-electron chi connectivity index (χ4n) is 1.05. The first kappa shape index (κ1) is 10.1. The lowest BCUT2D eigenvalue weighted by molar-refractivity contribution is -0.143. The minimum absolute atomic E-state index is 0.281. The SMILES string of the molecule is COC1=C(O)C(O)[C@H](O)C(CO)O1. The average molecular weight is 192 g/mol. The highest BCUT2D eigenvalue weighted by molar-refractivity contribution is 5.08. The van der Waals surface area contributed by atoms with Crippen LogP contribution in [0.1, 0.15) is 0 Å². The molecule has 0 spiro atoms. The highest BCUT2D eigenvalue weighted by atomic mass is 16.7. The molecule has 13 heavy (non-hydrogen) atoms. The molecule has 6 heteroatoms. The third-order valence-electron chi connectivity index (χ3n) is 1.82. The van der Waals surface area contributed by atoms with Crippen molar-refractivity contribution in [2.45, 2.75) is 18.3 Å². The number of aliphatic hydroxyl groups excluding tert-OH is 4. The Balaban J connectivity index is 2.86. The van der Waals surface area contributed by atoms with Crippen LogP contribution in [0.5, 0.6) is 0 Å². The number of ether oxygens (including phenoxy) is 2. The molecule has 0 saturated carbocycles. The van der Waals surface area contributed by atoms with Crippen LogP contribution >= 0.6 is 0 Å². The van der Waals surface area contributed by atoms with Gasteiger partial charge < -0.3 is 29.9 Å². The van der Waals surface area contributed by atoms with Gasteiger partial charge in [-0.3, -0.25) is 0 Å². The van der Waals surface area contributed by atoms with E-state index in [9.17, 15) is 10.2 Å². The number of hydrogen-bond donors (Lipinski definition) is 4. The van der Waals surface area contributed by atoms with Crippen molar-refractivity contribution in [1.82, 2.24) is 0 Å². The van der Waals surface area contributed by atoms with Crippen molar-refractivity contribution in [2.75, 3.05) is 13.7 Å². The molecule has 0 aromatic rings. The first-order valence-electron chi connectivity index (χ1n) is 3.72. The van der Waals surface area contributed by atoms with E-state index in [2.05, 4.69) is 4.74 Å². The summed E-state index contributed by atoms with van der Waals surface area (Å²) in [6.45, 7) is -0.474. The van der Waals surface area contributed by atoms with Crippen molar-refractivity contribution in [3.8, 4) is 0 Å². The Hall–Kier alpha value is -0.980. The van der Waals surface area contributed by atoms with Gasteiger partial charge in [-0.2, -0.15) is 0 Å². The zero-order valence-corrected chi connectivity index (χ0v) is 7.04. The van der Waals surface area contributed by atoms with Gasteiger partial charge in [-0.05, 0) is 0 Å². The fourth-order valence-corrected chi connectivity index (χ4v) is 1.05. The summed E-state index contributed by atoms with van der Waals surface area (Å²) in [7, 11) is 1.24. The lowest BCUT2D eigenvalue weighted by atomic mass is 10.1. The summed E-state index contributed by atoms with van der Waals surface area (Å²) in [4.78, 5) is 0. The summed E-state index contributed by atoms with van der Waals surface area (Å²) in [5.41, 5.74) is 0. The van der Waals surface area contributed by atoms with E-state index in [4.69, 9.17) is 14.9 Å². The molecule has 76 valence electrons. The smallest absolute Gasteiger partial charge is 0.321 e. The van der Waals surface area contributed by atoms with Gasteiger partial charge in [-0.15, -0.1) is 0 Å². The highest BCUT2D eigenvalue weighted by Gasteiger charge is 2.38. The van der Waals surface area contributed by atoms with Crippen molar-refractivity contribution < 1.29 is 29.9 Å². The van der Waals surface area contributed by atoms with Gasteiger partial charge in [-0.1, -0.05) is 0 Å². The average Bonchev–Trinajstić information content (AvgIpc) is 2.15. The molecule has 0 radical (unpaired) electrons. The van der Waals surface area contributed by atoms with E-state index < -0.39 is 30.7 Å². The molecule has 0 bridgehead atoms. The maximum atomic E-state index is 9.24. The zero-order valence-electron chi connectivity index (χ0n) is 7.04. The van der Waals surface area contributed by atoms with Crippen molar-refractivity contribution >= 4 is 0 Å². The molecule has 4 N–H and O–H groups in total. The molecule has 2 unspecified atom stereocenters. The molecular formula is C7H12O6. The molecule has 3 atom stereocenters. The second-order valence-corrected chi connectivity index (χ2v) is 2.65. The van der Waals surface area contributed by atoms with E-state index in [1.165, 1.54) is 7.11 Å². The van der Waals surface area contributed by atoms with E-state index in [1.54, 1.807) is 0 Å². The molecule has 1 heterocycles. The lowest BCUT2D eigenvalue weighted by Crippen LogP contribution is -2.46. The van der Waals surface area contributed by atoms with Gasteiger partial charge in [0.15, 0.2) is 6.10 Å². The van der Waals surface area contributed by atoms with Gasteiger partial charge in [0.05, 0.1) is 13.7 Å². The topological polar surface area (TPSA) is 99.4 Å². The minimum Gasteiger partial charge on any atom is -0.504 e. The quantitative estimate of drug-likeness (QED) is 0.423. The van der Waals surface area contributed by atoms with Crippen LogP contribution in [0, 0.1) is 0 Å². The molecular weight excluding hydrogens is 180 g/mol. The van der Waals surface area contributed by atoms with Crippen LogP contribution in [0.4, 0.5) is 0 Å². The van der Waals surface area contributed by atoms with E-state index in [0.717, 1.165) is 0 Å². The van der Waals surface area contributed by atoms with Gasteiger partial charge in [0.2, 0.25) is 5.76 Å². The molecule has 0 aliphatic carbocycles. The van der Waals surface area contributed by atoms with Gasteiger partial charge in [0.25, 0.3) is 0 Å². The Morgan fingerprint density at radius 2 is 2.08 bits per heavy atom. The largest absolute Gasteiger partial charge is 0.504 e. The monoisotopic (exact) mass is 192 g/mol. The molecule has 0 saturated heterocycles. The summed E-state index contributed by atoms with van der Waals surface area (Å²) in [6, 6.07) is 0. The van der Waals surface area contributed by atoms with Crippen LogP contribution in [0.3, 0.4) is 0 Å². The van der Waals surface area contributed by atoms with Gasteiger partial charge >= 0.3 is 5.95 Å². The lowest BCUT2D eigenvalue weighted by Gasteiger charge is -2.31. The van der Waals surface area contributed by atoms with Crippen molar-refractivity contribution in [3.63, 3.8) is 0 Å². The number of hydrogen-bond acceptors (Lipinski definition) is 6. The normalized spacial score (nSPS) is 34.3. The van der Waals surface area contributed by atoms with Gasteiger partial charge in [0, 0.05) is 0 Å². The minimum atomic E-state index is -1.49. The molecule has 1 aliphatic rings. The van der Waals surface area contributed by atoms with Crippen LogP contribution in [0.15, 0.2) is 11.7 Å². The number of aliphatic hydroxyl groups is 4. The number of rotatable bonds is 2. The van der Waals surface area contributed by atoms with E-state index in [1.807, 2.05) is 0 Å². The molecule has 6 nitrogen and oxygen atoms in total. The third-order valence-corrected chi connectivity index (χ3v) is 1.82. The summed E-state index contributed by atoms with van der Waals surface area (Å²) in [6.07, 6.45) is -3.83. The van der Waals surface area contributed by atoms with Crippen LogP contribution in [0.2, 0.25) is 0 Å². The molecule has 0 fully saturated rings. The second-order valence-electron chi connectivity index (χ2n) is 2.65. The first-order chi connectivity index (χ1) is 6.11. The summed E-state index contributed by atoms with van der Waals surface area (Å²) in [5, 5.41) is 36.3. The standard InChI is InChI=1S/C7H12O6/c1-12-7-6(11)5(10)4(9)3(2-8)13-7/h3-5,8-11H,2H2,1H3/t3?,4-,5?/m1/s1. The molecule has 0 aromatic heterocycles. The zero-order chi connectivity index (χ0) is 10.0. The summed E-state index contributed by atoms with van der Waals surface area (Å²) in [5.74, 6) is -0.850. The summed E-state index contributed by atoms with van der Waals surface area (Å²) < 4.78 is 9.41. The van der Waals surface area contributed by atoms with Crippen molar-refractivity contribution in [3.05, 3.63) is 11.7 Å². The molecule has 1 rings (SSSR count). The van der Waals surface area contributed by atoms with E-state index >= 15 is 0 Å². The maximum absolute atomic E-state index is 9.24. The second kappa shape index (κ2) is 3.82. The Morgan fingerprint density at radius 3 is 2.54 bits per heavy atom. The Bertz CT molecular complexity index is 213.